The Hall–Kier alpha value is -2.07. The molecule has 2 aromatic carbocycles. The van der Waals surface area contributed by atoms with E-state index >= 15 is 0 Å². The van der Waals surface area contributed by atoms with Crippen molar-refractivity contribution in [3.05, 3.63) is 81.1 Å². The van der Waals surface area contributed by atoms with E-state index < -0.39 is 0 Å². The minimum absolute atomic E-state index is 0.446. The largest absolute Gasteiger partial charge is 0.319 e. The van der Waals surface area contributed by atoms with Crippen LogP contribution >= 0.6 is 34.8 Å². The number of nitrogens with zero attached hydrogens (tertiary/aromatic N) is 3. The van der Waals surface area contributed by atoms with Crippen LogP contribution in [-0.4, -0.2) is 14.5 Å². The molecular formula is C20H14Cl3N3. The van der Waals surface area contributed by atoms with Gasteiger partial charge in [0.2, 0.25) is 0 Å². The van der Waals surface area contributed by atoms with Gasteiger partial charge in [-0.15, -0.1) is 0 Å². The predicted molar refractivity (Wildman–Crippen MR) is 108 cm³/mol. The quantitative estimate of drug-likeness (QED) is 0.370. The maximum Gasteiger partial charge on any atom is 0.143 e. The van der Waals surface area contributed by atoms with Gasteiger partial charge in [-0.3, -0.25) is 0 Å². The summed E-state index contributed by atoms with van der Waals surface area (Å²) in [6.45, 7) is 2.76. The number of aromatic nitrogens is 3. The molecule has 0 aliphatic rings. The number of hydrogen-bond donors (Lipinski definition) is 0. The molecule has 0 aliphatic carbocycles. The van der Waals surface area contributed by atoms with E-state index in [-0.39, 0.29) is 0 Å². The highest BCUT2D eigenvalue weighted by atomic mass is 35.5. The first-order chi connectivity index (χ1) is 12.5. The summed E-state index contributed by atoms with van der Waals surface area (Å²) in [6.07, 6.45) is 1.72. The van der Waals surface area contributed by atoms with E-state index in [4.69, 9.17) is 39.8 Å². The van der Waals surface area contributed by atoms with Crippen molar-refractivity contribution in [1.82, 2.24) is 14.5 Å². The Labute approximate surface area is 166 Å². The first-order valence-electron chi connectivity index (χ1n) is 8.04. The lowest BCUT2D eigenvalue weighted by Gasteiger charge is -2.12. The van der Waals surface area contributed by atoms with E-state index in [1.807, 2.05) is 24.3 Å². The van der Waals surface area contributed by atoms with E-state index in [0.29, 0.717) is 21.7 Å². The normalized spacial score (nSPS) is 11.2. The molecule has 0 saturated heterocycles. The molecule has 0 unspecified atom stereocenters. The Bertz CT molecular complexity index is 1100. The Morgan fingerprint density at radius 1 is 0.962 bits per heavy atom. The van der Waals surface area contributed by atoms with Gasteiger partial charge in [0.05, 0.1) is 21.1 Å². The Morgan fingerprint density at radius 3 is 2.46 bits per heavy atom. The van der Waals surface area contributed by atoms with Crippen molar-refractivity contribution < 1.29 is 0 Å². The van der Waals surface area contributed by atoms with Crippen LogP contribution in [0.15, 0.2) is 54.7 Å². The fraction of sp³-hybridized carbons (Fsp3) is 0.100. The van der Waals surface area contributed by atoms with E-state index in [2.05, 4.69) is 28.6 Å². The molecule has 0 fully saturated rings. The smallest absolute Gasteiger partial charge is 0.143 e. The van der Waals surface area contributed by atoms with Crippen LogP contribution in [-0.2, 0) is 6.54 Å². The standard InChI is InChI=1S/C20H14Cl3N3/c1-12-4-2-3-5-14(12)11-26-18-9-16(22)15(21)8-17(18)25-20(26)13-6-7-19(23)24-10-13/h2-10H,11H2,1H3. The number of hydrogen-bond acceptors (Lipinski definition) is 2. The topological polar surface area (TPSA) is 30.7 Å². The molecular weight excluding hydrogens is 389 g/mol. The van der Waals surface area contributed by atoms with Crippen LogP contribution in [0.4, 0.5) is 0 Å². The summed E-state index contributed by atoms with van der Waals surface area (Å²) in [6, 6.07) is 15.6. The third-order valence-corrected chi connectivity index (χ3v) is 5.31. The molecule has 0 radical (unpaired) electrons. The molecule has 26 heavy (non-hydrogen) atoms. The van der Waals surface area contributed by atoms with Crippen molar-refractivity contribution in [3.8, 4) is 11.4 Å². The molecule has 6 heteroatoms. The summed E-state index contributed by atoms with van der Waals surface area (Å²) in [5.41, 5.74) is 5.02. The van der Waals surface area contributed by atoms with Crippen LogP contribution < -0.4 is 0 Å². The van der Waals surface area contributed by atoms with Gasteiger partial charge in [0, 0.05) is 18.3 Å². The van der Waals surface area contributed by atoms with Gasteiger partial charge in [0.25, 0.3) is 0 Å². The number of halogens is 3. The minimum Gasteiger partial charge on any atom is -0.319 e. The third kappa shape index (κ3) is 3.18. The zero-order valence-electron chi connectivity index (χ0n) is 13.9. The maximum atomic E-state index is 6.27. The first-order valence-corrected chi connectivity index (χ1v) is 9.18. The summed E-state index contributed by atoms with van der Waals surface area (Å²) in [5, 5.41) is 1.44. The zero-order valence-corrected chi connectivity index (χ0v) is 16.1. The Morgan fingerprint density at radius 2 is 1.73 bits per heavy atom. The Balaban J connectivity index is 1.95. The number of pyridine rings is 1. The highest BCUT2D eigenvalue weighted by Crippen LogP contribution is 2.32. The second-order valence-corrected chi connectivity index (χ2v) is 7.27. The molecule has 2 heterocycles. The molecule has 0 amide bonds. The molecule has 130 valence electrons. The lowest BCUT2D eigenvalue weighted by atomic mass is 10.1. The van der Waals surface area contributed by atoms with Crippen LogP contribution in [0.25, 0.3) is 22.4 Å². The monoisotopic (exact) mass is 401 g/mol. The van der Waals surface area contributed by atoms with Gasteiger partial charge in [-0.1, -0.05) is 59.1 Å². The van der Waals surface area contributed by atoms with Crippen LogP contribution in [0.3, 0.4) is 0 Å². The highest BCUT2D eigenvalue weighted by molar-refractivity contribution is 6.42. The summed E-state index contributed by atoms with van der Waals surface area (Å²) >= 11 is 18.4. The van der Waals surface area contributed by atoms with Crippen molar-refractivity contribution in [3.63, 3.8) is 0 Å². The van der Waals surface area contributed by atoms with Crippen molar-refractivity contribution in [2.45, 2.75) is 13.5 Å². The van der Waals surface area contributed by atoms with Crippen molar-refractivity contribution >= 4 is 45.8 Å². The maximum absolute atomic E-state index is 6.27. The molecule has 2 aromatic heterocycles. The van der Waals surface area contributed by atoms with Crippen molar-refractivity contribution in [1.29, 1.82) is 0 Å². The van der Waals surface area contributed by atoms with Gasteiger partial charge >= 0.3 is 0 Å². The Kier molecular flexibility index (Phi) is 4.62. The van der Waals surface area contributed by atoms with Crippen LogP contribution in [0.5, 0.6) is 0 Å². The predicted octanol–water partition coefficient (Wildman–Crippen LogP) is 6.42. The average molecular weight is 403 g/mol. The van der Waals surface area contributed by atoms with Crippen LogP contribution in [0.2, 0.25) is 15.2 Å². The fourth-order valence-corrected chi connectivity index (χ4v) is 3.39. The fourth-order valence-electron chi connectivity index (χ4n) is 2.97. The number of aryl methyl sites for hydroxylation is 1. The van der Waals surface area contributed by atoms with E-state index in [1.54, 1.807) is 18.3 Å². The molecule has 3 nitrogen and oxygen atoms in total. The summed E-state index contributed by atoms with van der Waals surface area (Å²) < 4.78 is 2.13. The van der Waals surface area contributed by atoms with Gasteiger partial charge in [-0.2, -0.15) is 0 Å². The number of imidazole rings is 1. The van der Waals surface area contributed by atoms with Gasteiger partial charge in [-0.25, -0.2) is 9.97 Å². The van der Waals surface area contributed by atoms with Crippen molar-refractivity contribution in [2.75, 3.05) is 0 Å². The molecule has 0 saturated carbocycles. The lowest BCUT2D eigenvalue weighted by Crippen LogP contribution is -2.04. The van der Waals surface area contributed by atoms with Crippen LogP contribution in [0.1, 0.15) is 11.1 Å². The molecule has 0 aliphatic heterocycles. The first kappa shape index (κ1) is 17.3. The van der Waals surface area contributed by atoms with Gasteiger partial charge in [-0.05, 0) is 42.3 Å². The number of fused-ring (bicyclic) bond motifs is 1. The highest BCUT2D eigenvalue weighted by Gasteiger charge is 2.16. The average Bonchev–Trinajstić information content (AvgIpc) is 2.95. The molecule has 0 spiro atoms. The minimum atomic E-state index is 0.446. The summed E-state index contributed by atoms with van der Waals surface area (Å²) in [5.74, 6) is 0.797. The molecule has 0 N–H and O–H groups in total. The zero-order chi connectivity index (χ0) is 18.3. The van der Waals surface area contributed by atoms with Crippen LogP contribution in [0, 0.1) is 6.92 Å². The molecule has 4 rings (SSSR count). The molecule has 0 bridgehead atoms. The van der Waals surface area contributed by atoms with Gasteiger partial charge in [0.1, 0.15) is 11.0 Å². The number of rotatable bonds is 3. The molecule has 4 aromatic rings. The van der Waals surface area contributed by atoms with Gasteiger partial charge in [0.15, 0.2) is 0 Å². The third-order valence-electron chi connectivity index (χ3n) is 4.37. The van der Waals surface area contributed by atoms with E-state index in [1.165, 1.54) is 11.1 Å². The second-order valence-electron chi connectivity index (χ2n) is 6.07. The SMILES string of the molecule is Cc1ccccc1Cn1c(-c2ccc(Cl)nc2)nc2cc(Cl)c(Cl)cc21. The van der Waals surface area contributed by atoms with E-state index in [0.717, 1.165) is 22.4 Å². The molecule has 0 atom stereocenters. The van der Waals surface area contributed by atoms with E-state index in [9.17, 15) is 0 Å². The lowest BCUT2D eigenvalue weighted by molar-refractivity contribution is 0.827. The van der Waals surface area contributed by atoms with Crippen molar-refractivity contribution in [2.24, 2.45) is 0 Å². The summed E-state index contributed by atoms with van der Waals surface area (Å²) in [7, 11) is 0. The number of benzene rings is 2. The van der Waals surface area contributed by atoms with Gasteiger partial charge < -0.3 is 4.57 Å². The second kappa shape index (κ2) is 6.92. The summed E-state index contributed by atoms with van der Waals surface area (Å²) in [4.78, 5) is 8.96.